The largest absolute Gasteiger partial charge is 0.380 e. The fourth-order valence-corrected chi connectivity index (χ4v) is 2.07. The molecule has 18 heavy (non-hydrogen) atoms. The minimum absolute atomic E-state index is 0.645. The van der Waals surface area contributed by atoms with Gasteiger partial charge in [-0.2, -0.15) is 0 Å². The van der Waals surface area contributed by atoms with Crippen molar-refractivity contribution >= 4 is 21.6 Å². The van der Waals surface area contributed by atoms with Gasteiger partial charge in [-0.15, -0.1) is 0 Å². The van der Waals surface area contributed by atoms with E-state index in [9.17, 15) is 0 Å². The molecule has 0 spiro atoms. The Kier molecular flexibility index (Phi) is 4.73. The van der Waals surface area contributed by atoms with E-state index < -0.39 is 0 Å². The Bertz CT molecular complexity index is 517. The molecular weight excluding hydrogens is 292 g/mol. The second kappa shape index (κ2) is 6.52. The van der Waals surface area contributed by atoms with Crippen molar-refractivity contribution in [2.75, 3.05) is 12.4 Å². The van der Waals surface area contributed by atoms with E-state index in [2.05, 4.69) is 44.4 Å². The van der Waals surface area contributed by atoms with Gasteiger partial charge in [0, 0.05) is 24.3 Å². The summed E-state index contributed by atoms with van der Waals surface area (Å²) in [5.74, 6) is 0. The molecule has 0 saturated carbocycles. The molecule has 0 aliphatic carbocycles. The first-order valence-electron chi connectivity index (χ1n) is 5.69. The van der Waals surface area contributed by atoms with Gasteiger partial charge in [0.15, 0.2) is 0 Å². The normalized spacial score (nSPS) is 10.3. The molecule has 0 aliphatic rings. The Hall–Kier alpha value is -1.39. The van der Waals surface area contributed by atoms with Gasteiger partial charge in [-0.3, -0.25) is 4.98 Å². The number of nitrogens with zero attached hydrogens (tertiary/aromatic N) is 1. The van der Waals surface area contributed by atoms with Gasteiger partial charge in [0.25, 0.3) is 0 Å². The van der Waals surface area contributed by atoms with Crippen molar-refractivity contribution in [2.24, 2.45) is 0 Å². The highest BCUT2D eigenvalue weighted by molar-refractivity contribution is 9.10. The van der Waals surface area contributed by atoms with Crippen molar-refractivity contribution in [3.63, 3.8) is 0 Å². The molecule has 0 saturated heterocycles. The summed E-state index contributed by atoms with van der Waals surface area (Å²) in [5, 5.41) is 3.34. The summed E-state index contributed by atoms with van der Waals surface area (Å²) in [6.45, 7) is 1.42. The van der Waals surface area contributed by atoms with Crippen LogP contribution in [0.4, 0.5) is 5.69 Å². The number of anilines is 1. The molecule has 0 fully saturated rings. The highest BCUT2D eigenvalue weighted by atomic mass is 79.9. The van der Waals surface area contributed by atoms with Crippen LogP contribution in [0.3, 0.4) is 0 Å². The molecule has 1 heterocycles. The SMILES string of the molecule is COCc1cccc(CNc2cncc(Br)c2)c1. The van der Waals surface area contributed by atoms with E-state index in [0.717, 1.165) is 16.7 Å². The summed E-state index contributed by atoms with van der Waals surface area (Å²) in [6.07, 6.45) is 3.58. The van der Waals surface area contributed by atoms with Crippen molar-refractivity contribution in [1.29, 1.82) is 0 Å². The van der Waals surface area contributed by atoms with Gasteiger partial charge >= 0.3 is 0 Å². The van der Waals surface area contributed by atoms with E-state index >= 15 is 0 Å². The zero-order valence-corrected chi connectivity index (χ0v) is 11.8. The molecule has 1 aromatic heterocycles. The zero-order valence-electron chi connectivity index (χ0n) is 10.2. The number of hydrogen-bond donors (Lipinski definition) is 1. The van der Waals surface area contributed by atoms with Crippen LogP contribution in [0.2, 0.25) is 0 Å². The summed E-state index contributed by atoms with van der Waals surface area (Å²) in [6, 6.07) is 10.4. The first-order valence-corrected chi connectivity index (χ1v) is 6.48. The van der Waals surface area contributed by atoms with Crippen LogP contribution in [0, 0.1) is 0 Å². The molecule has 3 nitrogen and oxygen atoms in total. The van der Waals surface area contributed by atoms with Crippen LogP contribution in [0.5, 0.6) is 0 Å². The molecule has 1 N–H and O–H groups in total. The molecule has 2 aromatic rings. The van der Waals surface area contributed by atoms with Crippen molar-refractivity contribution in [2.45, 2.75) is 13.2 Å². The molecule has 0 radical (unpaired) electrons. The number of halogens is 1. The lowest BCUT2D eigenvalue weighted by Gasteiger charge is -2.08. The third kappa shape index (κ3) is 3.82. The van der Waals surface area contributed by atoms with Gasteiger partial charge in [0.1, 0.15) is 0 Å². The Morgan fingerprint density at radius 3 is 2.83 bits per heavy atom. The average Bonchev–Trinajstić information content (AvgIpc) is 2.37. The molecule has 0 amide bonds. The summed E-state index contributed by atoms with van der Waals surface area (Å²) < 4.78 is 6.10. The second-order valence-electron chi connectivity index (χ2n) is 4.00. The predicted molar refractivity (Wildman–Crippen MR) is 76.4 cm³/mol. The van der Waals surface area contributed by atoms with Crippen molar-refractivity contribution in [3.8, 4) is 0 Å². The molecular formula is C14H15BrN2O. The third-order valence-corrected chi connectivity index (χ3v) is 2.94. The number of ether oxygens (including phenoxy) is 1. The van der Waals surface area contributed by atoms with E-state index in [1.165, 1.54) is 11.1 Å². The quantitative estimate of drug-likeness (QED) is 0.916. The van der Waals surface area contributed by atoms with Gasteiger partial charge < -0.3 is 10.1 Å². The van der Waals surface area contributed by atoms with Crippen LogP contribution in [0.1, 0.15) is 11.1 Å². The molecule has 4 heteroatoms. The lowest BCUT2D eigenvalue weighted by molar-refractivity contribution is 0.185. The molecule has 0 bridgehead atoms. The average molecular weight is 307 g/mol. The molecule has 0 unspecified atom stereocenters. The third-order valence-electron chi connectivity index (χ3n) is 2.50. The van der Waals surface area contributed by atoms with E-state index in [1.807, 2.05) is 18.3 Å². The van der Waals surface area contributed by atoms with Crippen molar-refractivity contribution in [3.05, 3.63) is 58.3 Å². The number of hydrogen-bond acceptors (Lipinski definition) is 3. The Morgan fingerprint density at radius 1 is 1.22 bits per heavy atom. The number of pyridine rings is 1. The van der Waals surface area contributed by atoms with E-state index in [0.29, 0.717) is 6.61 Å². The first kappa shape index (κ1) is 13.1. The van der Waals surface area contributed by atoms with Crippen LogP contribution < -0.4 is 5.32 Å². The minimum atomic E-state index is 0.645. The maximum Gasteiger partial charge on any atom is 0.0713 e. The lowest BCUT2D eigenvalue weighted by Crippen LogP contribution is -2.00. The van der Waals surface area contributed by atoms with Gasteiger partial charge in [0.05, 0.1) is 18.5 Å². The van der Waals surface area contributed by atoms with Crippen molar-refractivity contribution < 1.29 is 4.74 Å². The number of nitrogens with one attached hydrogen (secondary N) is 1. The Labute approximate surface area is 115 Å². The fourth-order valence-electron chi connectivity index (χ4n) is 1.71. The Balaban J connectivity index is 1.99. The van der Waals surface area contributed by atoms with E-state index in [-0.39, 0.29) is 0 Å². The Morgan fingerprint density at radius 2 is 2.06 bits per heavy atom. The summed E-state index contributed by atoms with van der Waals surface area (Å²) in [4.78, 5) is 4.11. The zero-order chi connectivity index (χ0) is 12.8. The molecule has 2 rings (SSSR count). The fraction of sp³-hybridized carbons (Fsp3) is 0.214. The van der Waals surface area contributed by atoms with Crippen LogP contribution in [0.15, 0.2) is 47.2 Å². The summed E-state index contributed by atoms with van der Waals surface area (Å²) >= 11 is 3.40. The second-order valence-corrected chi connectivity index (χ2v) is 4.91. The number of aromatic nitrogens is 1. The predicted octanol–water partition coefficient (Wildman–Crippen LogP) is 3.60. The van der Waals surface area contributed by atoms with Crippen molar-refractivity contribution in [1.82, 2.24) is 4.98 Å². The van der Waals surface area contributed by atoms with Gasteiger partial charge in [-0.25, -0.2) is 0 Å². The lowest BCUT2D eigenvalue weighted by atomic mass is 10.1. The van der Waals surface area contributed by atoms with E-state index in [1.54, 1.807) is 13.3 Å². The van der Waals surface area contributed by atoms with E-state index in [4.69, 9.17) is 4.74 Å². The van der Waals surface area contributed by atoms with Crippen LogP contribution in [0.25, 0.3) is 0 Å². The molecule has 0 atom stereocenters. The van der Waals surface area contributed by atoms with Gasteiger partial charge in [-0.1, -0.05) is 24.3 Å². The number of rotatable bonds is 5. The highest BCUT2D eigenvalue weighted by Crippen LogP contribution is 2.15. The number of benzene rings is 1. The maximum absolute atomic E-state index is 5.12. The topological polar surface area (TPSA) is 34.1 Å². The first-order chi connectivity index (χ1) is 8.78. The van der Waals surface area contributed by atoms with Crippen LogP contribution in [-0.4, -0.2) is 12.1 Å². The number of methoxy groups -OCH3 is 1. The molecule has 0 aliphatic heterocycles. The summed E-state index contributed by atoms with van der Waals surface area (Å²) in [5.41, 5.74) is 3.41. The van der Waals surface area contributed by atoms with Gasteiger partial charge in [0.2, 0.25) is 0 Å². The maximum atomic E-state index is 5.12. The highest BCUT2D eigenvalue weighted by Gasteiger charge is 1.97. The molecule has 94 valence electrons. The van der Waals surface area contributed by atoms with Gasteiger partial charge in [-0.05, 0) is 33.1 Å². The monoisotopic (exact) mass is 306 g/mol. The minimum Gasteiger partial charge on any atom is -0.380 e. The standard InChI is InChI=1S/C14H15BrN2O/c1-18-10-12-4-2-3-11(5-12)7-17-14-6-13(15)8-16-9-14/h2-6,8-9,17H,7,10H2,1H3. The van der Waals surface area contributed by atoms with Crippen LogP contribution in [-0.2, 0) is 17.9 Å². The smallest absolute Gasteiger partial charge is 0.0713 e. The van der Waals surface area contributed by atoms with Crippen LogP contribution >= 0.6 is 15.9 Å². The summed E-state index contributed by atoms with van der Waals surface area (Å²) in [7, 11) is 1.71. The molecule has 1 aromatic carbocycles.